The molecule has 0 aromatic carbocycles. The first kappa shape index (κ1) is 6.10. The third-order valence-corrected chi connectivity index (χ3v) is 0.988. The molecule has 0 bridgehead atoms. The Morgan fingerprint density at radius 3 is 2.67 bits per heavy atom. The number of rotatable bonds is 1. The van der Waals surface area contributed by atoms with Crippen molar-refractivity contribution in [2.75, 3.05) is 0 Å². The van der Waals surface area contributed by atoms with Crippen LogP contribution in [0, 0.1) is 0 Å². The van der Waals surface area contributed by atoms with Crippen LogP contribution in [0.5, 0.6) is 0 Å². The Kier molecular flexibility index (Phi) is 1.40. The molecule has 46 valence electrons. The topological polar surface area (TPSA) is 50.7 Å². The fourth-order valence-electron chi connectivity index (χ4n) is 0.448. The molecule has 0 spiro atoms. The van der Waals surface area contributed by atoms with Crippen LogP contribution in [0.15, 0.2) is 22.3 Å². The predicted octanol–water partition coefficient (Wildman–Crippen LogP) is 0.269. The second-order valence-corrected chi connectivity index (χ2v) is 1.99. The fourth-order valence-corrected chi connectivity index (χ4v) is 0.546. The van der Waals surface area contributed by atoms with Gasteiger partial charge < -0.3 is 5.73 Å². The Labute approximate surface area is 58.0 Å². The van der Waals surface area contributed by atoms with E-state index in [4.69, 9.17) is 5.73 Å². The van der Waals surface area contributed by atoms with Crippen molar-refractivity contribution in [1.82, 2.24) is 0 Å². The van der Waals surface area contributed by atoms with Crippen molar-refractivity contribution in [3.8, 4) is 0 Å². The van der Waals surface area contributed by atoms with Gasteiger partial charge in [-0.25, -0.2) is 9.98 Å². The first-order valence-corrected chi connectivity index (χ1v) is 2.72. The summed E-state index contributed by atoms with van der Waals surface area (Å²) in [5, 5.41) is 0. The number of nitrogens with two attached hydrogens (primary N) is 1. The molecule has 0 fully saturated rings. The van der Waals surface area contributed by atoms with E-state index in [9.17, 15) is 0 Å². The van der Waals surface area contributed by atoms with Gasteiger partial charge in [-0.05, 0) is 0 Å². The highest BCUT2D eigenvalue weighted by Crippen LogP contribution is 1.99. The Morgan fingerprint density at radius 2 is 2.44 bits per heavy atom. The van der Waals surface area contributed by atoms with Gasteiger partial charge >= 0.3 is 0 Å². The van der Waals surface area contributed by atoms with Gasteiger partial charge in [-0.3, -0.25) is 0 Å². The normalized spacial score (nSPS) is 16.0. The monoisotopic (exact) mass is 139 g/mol. The molecule has 1 rings (SSSR count). The van der Waals surface area contributed by atoms with Gasteiger partial charge in [0.1, 0.15) is 4.99 Å². The number of aliphatic imine (C=N–C) groups is 2. The molecule has 4 heteroatoms. The van der Waals surface area contributed by atoms with Gasteiger partial charge in [-0.1, -0.05) is 18.8 Å². The van der Waals surface area contributed by atoms with Gasteiger partial charge in [0, 0.05) is 0 Å². The predicted molar refractivity (Wildman–Crippen MR) is 41.9 cm³/mol. The molecule has 1 aliphatic heterocycles. The molecule has 0 atom stereocenters. The number of nitrogens with zero attached hydrogens (tertiary/aromatic N) is 2. The lowest BCUT2D eigenvalue weighted by Crippen LogP contribution is -2.17. The molecule has 0 radical (unpaired) electrons. The third kappa shape index (κ3) is 1.20. The second kappa shape index (κ2) is 2.06. The molecule has 0 aliphatic carbocycles. The van der Waals surface area contributed by atoms with Gasteiger partial charge in [-0.2, -0.15) is 0 Å². The van der Waals surface area contributed by atoms with E-state index < -0.39 is 0 Å². The lowest BCUT2D eigenvalue weighted by molar-refractivity contribution is 1.54. The standard InChI is InChI=1S/C5H5N3S/c1-3-2-7-5(8-3)4(6)9/h2H,1H2,(H2,6,9). The van der Waals surface area contributed by atoms with E-state index in [2.05, 4.69) is 28.8 Å². The Balaban J connectivity index is 2.88. The fraction of sp³-hybridized carbons (Fsp3) is 0. The number of hydrogen-bond acceptors (Lipinski definition) is 3. The first-order valence-electron chi connectivity index (χ1n) is 2.31. The highest BCUT2D eigenvalue weighted by molar-refractivity contribution is 7.82. The number of thiocarbonyl (C=S) groups is 1. The highest BCUT2D eigenvalue weighted by atomic mass is 32.1. The van der Waals surface area contributed by atoms with E-state index in [0.717, 1.165) is 0 Å². The van der Waals surface area contributed by atoms with Crippen LogP contribution in [0.1, 0.15) is 0 Å². The Morgan fingerprint density at radius 1 is 1.78 bits per heavy atom. The molecule has 1 aliphatic rings. The van der Waals surface area contributed by atoms with Crippen molar-refractivity contribution in [2.45, 2.75) is 0 Å². The molecule has 0 unspecified atom stereocenters. The summed E-state index contributed by atoms with van der Waals surface area (Å²) >= 11 is 4.60. The van der Waals surface area contributed by atoms with E-state index in [1.807, 2.05) is 0 Å². The SMILES string of the molecule is C=C1C=NC(C(N)=S)=N1. The number of amidine groups is 1. The molecule has 2 N–H and O–H groups in total. The molecule has 0 aromatic rings. The van der Waals surface area contributed by atoms with Crippen LogP contribution < -0.4 is 5.73 Å². The zero-order chi connectivity index (χ0) is 6.85. The van der Waals surface area contributed by atoms with Crippen LogP contribution in [-0.4, -0.2) is 17.0 Å². The lowest BCUT2D eigenvalue weighted by Gasteiger charge is -1.86. The molecule has 0 saturated heterocycles. The molecular formula is C5H5N3S. The van der Waals surface area contributed by atoms with Crippen LogP contribution in [0.4, 0.5) is 0 Å². The van der Waals surface area contributed by atoms with Gasteiger partial charge in [0.2, 0.25) is 0 Å². The van der Waals surface area contributed by atoms with Crippen molar-refractivity contribution in [1.29, 1.82) is 0 Å². The first-order chi connectivity index (χ1) is 4.20. The van der Waals surface area contributed by atoms with E-state index >= 15 is 0 Å². The quantitative estimate of drug-likeness (QED) is 0.530. The summed E-state index contributed by atoms with van der Waals surface area (Å²) in [6.07, 6.45) is 1.52. The zero-order valence-electron chi connectivity index (χ0n) is 4.66. The summed E-state index contributed by atoms with van der Waals surface area (Å²) < 4.78 is 0. The van der Waals surface area contributed by atoms with E-state index in [1.54, 1.807) is 0 Å². The molecule has 1 heterocycles. The number of allylic oxidation sites excluding steroid dienone is 1. The van der Waals surface area contributed by atoms with Crippen molar-refractivity contribution < 1.29 is 0 Å². The van der Waals surface area contributed by atoms with Crippen molar-refractivity contribution in [3.63, 3.8) is 0 Å². The minimum Gasteiger partial charge on any atom is -0.387 e. The summed E-state index contributed by atoms with van der Waals surface area (Å²) in [5.41, 5.74) is 5.80. The van der Waals surface area contributed by atoms with Crippen LogP contribution in [0.3, 0.4) is 0 Å². The van der Waals surface area contributed by atoms with Gasteiger partial charge in [0.15, 0.2) is 5.84 Å². The minimum atomic E-state index is 0.213. The largest absolute Gasteiger partial charge is 0.387 e. The summed E-state index contributed by atoms with van der Waals surface area (Å²) in [7, 11) is 0. The van der Waals surface area contributed by atoms with E-state index in [0.29, 0.717) is 11.5 Å². The van der Waals surface area contributed by atoms with E-state index in [-0.39, 0.29) is 4.99 Å². The molecule has 0 aromatic heterocycles. The maximum absolute atomic E-state index is 5.21. The van der Waals surface area contributed by atoms with Crippen molar-refractivity contribution in [3.05, 3.63) is 12.3 Å². The van der Waals surface area contributed by atoms with Gasteiger partial charge in [-0.15, -0.1) is 0 Å². The smallest absolute Gasteiger partial charge is 0.187 e. The van der Waals surface area contributed by atoms with Crippen molar-refractivity contribution >= 4 is 29.3 Å². The van der Waals surface area contributed by atoms with E-state index in [1.165, 1.54) is 6.21 Å². The van der Waals surface area contributed by atoms with Crippen LogP contribution in [0.25, 0.3) is 0 Å². The maximum atomic E-state index is 5.21. The summed E-state index contributed by atoms with van der Waals surface area (Å²) in [6.45, 7) is 3.53. The lowest BCUT2D eigenvalue weighted by atomic mass is 10.6. The summed E-state index contributed by atoms with van der Waals surface area (Å²) in [6, 6.07) is 0. The Hall–Kier alpha value is -1.03. The molecule has 0 amide bonds. The third-order valence-electron chi connectivity index (χ3n) is 0.806. The molecule has 9 heavy (non-hydrogen) atoms. The van der Waals surface area contributed by atoms with Crippen LogP contribution in [-0.2, 0) is 0 Å². The van der Waals surface area contributed by atoms with Crippen LogP contribution in [0.2, 0.25) is 0 Å². The van der Waals surface area contributed by atoms with Gasteiger partial charge in [0.05, 0.1) is 11.9 Å². The average molecular weight is 139 g/mol. The number of hydrogen-bond donors (Lipinski definition) is 1. The van der Waals surface area contributed by atoms with Crippen LogP contribution >= 0.6 is 12.2 Å². The molecular weight excluding hydrogens is 134 g/mol. The Bertz CT molecular complexity index is 226. The maximum Gasteiger partial charge on any atom is 0.187 e. The molecule has 0 saturated carbocycles. The second-order valence-electron chi connectivity index (χ2n) is 1.55. The van der Waals surface area contributed by atoms with Crippen molar-refractivity contribution in [2.24, 2.45) is 15.7 Å². The summed E-state index contributed by atoms with van der Waals surface area (Å²) in [4.78, 5) is 7.81. The highest BCUT2D eigenvalue weighted by Gasteiger charge is 2.04. The average Bonchev–Trinajstić information content (AvgIpc) is 2.14. The van der Waals surface area contributed by atoms with Gasteiger partial charge in [0.25, 0.3) is 0 Å². The minimum absolute atomic E-state index is 0.213. The zero-order valence-corrected chi connectivity index (χ0v) is 5.48. The molecule has 3 nitrogen and oxygen atoms in total. The summed E-state index contributed by atoms with van der Waals surface area (Å²) in [5.74, 6) is 0.398.